The molecule has 1 N–H and O–H groups in total. The van der Waals surface area contributed by atoms with E-state index < -0.39 is 5.97 Å². The molecule has 0 radical (unpaired) electrons. The van der Waals surface area contributed by atoms with E-state index in [1.807, 2.05) is 0 Å². The number of ether oxygens (including phenoxy) is 3. The summed E-state index contributed by atoms with van der Waals surface area (Å²) in [6.45, 7) is 0.424. The first-order valence-electron chi connectivity index (χ1n) is 5.03. The van der Waals surface area contributed by atoms with Gasteiger partial charge in [-0.05, 0) is 23.3 Å². The maximum atomic E-state index is 10.7. The molecule has 0 saturated heterocycles. The van der Waals surface area contributed by atoms with E-state index in [9.17, 15) is 4.79 Å². The minimum atomic E-state index is -1.00. The zero-order valence-corrected chi connectivity index (χ0v) is 9.30. The number of carbonyl (C=O) groups is 1. The van der Waals surface area contributed by atoms with Gasteiger partial charge in [0.15, 0.2) is 11.5 Å². The third-order valence-corrected chi connectivity index (χ3v) is 2.34. The summed E-state index contributed by atoms with van der Waals surface area (Å²) in [7, 11) is 1.52. The highest BCUT2D eigenvalue weighted by Crippen LogP contribution is 2.34. The number of hydrogen-bond donors (Lipinski definition) is 1. The molecule has 5 nitrogen and oxygen atoms in total. The first-order chi connectivity index (χ1) is 8.20. The van der Waals surface area contributed by atoms with Gasteiger partial charge in [-0.1, -0.05) is 6.07 Å². The smallest absolute Gasteiger partial charge is 0.328 e. The molecule has 2 rings (SSSR count). The van der Waals surface area contributed by atoms with Gasteiger partial charge in [-0.3, -0.25) is 0 Å². The van der Waals surface area contributed by atoms with E-state index in [4.69, 9.17) is 19.3 Å². The van der Waals surface area contributed by atoms with Crippen molar-refractivity contribution in [1.29, 1.82) is 0 Å². The van der Waals surface area contributed by atoms with Gasteiger partial charge in [0.25, 0.3) is 0 Å². The topological polar surface area (TPSA) is 65.0 Å². The van der Waals surface area contributed by atoms with Crippen molar-refractivity contribution in [2.75, 3.05) is 20.5 Å². The van der Waals surface area contributed by atoms with E-state index in [1.54, 1.807) is 18.2 Å². The van der Waals surface area contributed by atoms with Crippen LogP contribution in [0.2, 0.25) is 0 Å². The van der Waals surface area contributed by atoms with Crippen molar-refractivity contribution in [2.45, 2.75) is 0 Å². The van der Waals surface area contributed by atoms with Crippen LogP contribution in [0.3, 0.4) is 0 Å². The van der Waals surface area contributed by atoms with E-state index in [0.29, 0.717) is 17.1 Å². The first-order valence-corrected chi connectivity index (χ1v) is 5.03. The molecular weight excluding hydrogens is 224 g/mol. The molecule has 90 valence electrons. The first kappa shape index (κ1) is 11.5. The molecule has 0 amide bonds. The molecule has 0 spiro atoms. The SMILES string of the molecule is COC/C(=C\C(=O)O)c1ccc2c(c1)OCO2. The van der Waals surface area contributed by atoms with Crippen LogP contribution in [0.25, 0.3) is 5.57 Å². The standard InChI is InChI=1S/C12H12O5/c1-15-6-9(5-12(13)14)8-2-3-10-11(4-8)17-7-16-10/h2-5H,6-7H2,1H3,(H,13,14)/b9-5+. The van der Waals surface area contributed by atoms with Crippen LogP contribution in [0.15, 0.2) is 24.3 Å². The van der Waals surface area contributed by atoms with Gasteiger partial charge in [-0.15, -0.1) is 0 Å². The van der Waals surface area contributed by atoms with Gasteiger partial charge in [0.2, 0.25) is 6.79 Å². The van der Waals surface area contributed by atoms with Crippen LogP contribution < -0.4 is 9.47 Å². The number of rotatable bonds is 4. The molecule has 1 aliphatic heterocycles. The zero-order chi connectivity index (χ0) is 12.3. The van der Waals surface area contributed by atoms with Crippen molar-refractivity contribution < 1.29 is 24.1 Å². The summed E-state index contributed by atoms with van der Waals surface area (Å²) < 4.78 is 15.4. The molecule has 1 aliphatic rings. The van der Waals surface area contributed by atoms with Crippen LogP contribution in [0, 0.1) is 0 Å². The number of methoxy groups -OCH3 is 1. The molecule has 0 aromatic heterocycles. The lowest BCUT2D eigenvalue weighted by Crippen LogP contribution is -1.98. The number of carboxylic acid groups (broad SMARTS) is 1. The molecule has 1 aromatic rings. The number of hydrogen-bond acceptors (Lipinski definition) is 4. The van der Waals surface area contributed by atoms with Crippen LogP contribution in [0.4, 0.5) is 0 Å². The second-order valence-corrected chi connectivity index (χ2v) is 3.51. The summed E-state index contributed by atoms with van der Waals surface area (Å²) in [5.74, 6) is 0.283. The van der Waals surface area contributed by atoms with Gasteiger partial charge in [-0.2, -0.15) is 0 Å². The molecule has 0 aliphatic carbocycles. The summed E-state index contributed by atoms with van der Waals surface area (Å²) in [6, 6.07) is 5.28. The Morgan fingerprint density at radius 2 is 2.24 bits per heavy atom. The highest BCUT2D eigenvalue weighted by atomic mass is 16.7. The third-order valence-electron chi connectivity index (χ3n) is 2.34. The van der Waals surface area contributed by atoms with Crippen molar-refractivity contribution in [2.24, 2.45) is 0 Å². The fourth-order valence-corrected chi connectivity index (χ4v) is 1.61. The minimum absolute atomic E-state index is 0.195. The lowest BCUT2D eigenvalue weighted by atomic mass is 10.1. The van der Waals surface area contributed by atoms with Crippen molar-refractivity contribution in [3.8, 4) is 11.5 Å². The molecular formula is C12H12O5. The Morgan fingerprint density at radius 3 is 2.94 bits per heavy atom. The van der Waals surface area contributed by atoms with Crippen LogP contribution >= 0.6 is 0 Å². The van der Waals surface area contributed by atoms with Crippen LogP contribution in [-0.2, 0) is 9.53 Å². The van der Waals surface area contributed by atoms with Gasteiger partial charge in [0.05, 0.1) is 6.61 Å². The number of benzene rings is 1. The van der Waals surface area contributed by atoms with E-state index in [0.717, 1.165) is 11.6 Å². The van der Waals surface area contributed by atoms with Gasteiger partial charge in [0, 0.05) is 13.2 Å². The Kier molecular flexibility index (Phi) is 3.30. The maximum absolute atomic E-state index is 10.7. The monoisotopic (exact) mass is 236 g/mol. The van der Waals surface area contributed by atoms with Gasteiger partial charge in [-0.25, -0.2) is 4.79 Å². The predicted molar refractivity (Wildman–Crippen MR) is 60.1 cm³/mol. The average molecular weight is 236 g/mol. The molecule has 0 bridgehead atoms. The van der Waals surface area contributed by atoms with Crippen molar-refractivity contribution in [3.63, 3.8) is 0 Å². The maximum Gasteiger partial charge on any atom is 0.328 e. The molecule has 0 fully saturated rings. The fourth-order valence-electron chi connectivity index (χ4n) is 1.61. The quantitative estimate of drug-likeness (QED) is 0.803. The molecule has 1 heterocycles. The van der Waals surface area contributed by atoms with Crippen LogP contribution in [-0.4, -0.2) is 31.6 Å². The highest BCUT2D eigenvalue weighted by molar-refractivity contribution is 5.90. The zero-order valence-electron chi connectivity index (χ0n) is 9.30. The van der Waals surface area contributed by atoms with Crippen molar-refractivity contribution in [3.05, 3.63) is 29.8 Å². The molecule has 0 atom stereocenters. The second-order valence-electron chi connectivity index (χ2n) is 3.51. The lowest BCUT2D eigenvalue weighted by molar-refractivity contribution is -0.131. The van der Waals surface area contributed by atoms with Crippen LogP contribution in [0.5, 0.6) is 11.5 Å². The lowest BCUT2D eigenvalue weighted by Gasteiger charge is -2.06. The number of fused-ring (bicyclic) bond motifs is 1. The van der Waals surface area contributed by atoms with Gasteiger partial charge < -0.3 is 19.3 Å². The fraction of sp³-hybridized carbons (Fsp3) is 0.250. The summed E-state index contributed by atoms with van der Waals surface area (Å²) in [4.78, 5) is 10.7. The van der Waals surface area contributed by atoms with E-state index in [1.165, 1.54) is 7.11 Å². The van der Waals surface area contributed by atoms with Gasteiger partial charge >= 0.3 is 5.97 Å². The van der Waals surface area contributed by atoms with Crippen LogP contribution in [0.1, 0.15) is 5.56 Å². The Morgan fingerprint density at radius 1 is 1.47 bits per heavy atom. The minimum Gasteiger partial charge on any atom is -0.478 e. The Labute approximate surface area is 98.2 Å². The van der Waals surface area contributed by atoms with E-state index in [-0.39, 0.29) is 13.4 Å². The molecule has 0 saturated carbocycles. The number of aliphatic carboxylic acids is 1. The molecule has 17 heavy (non-hydrogen) atoms. The second kappa shape index (κ2) is 4.88. The predicted octanol–water partition coefficient (Wildman–Crippen LogP) is 1.53. The summed E-state index contributed by atoms with van der Waals surface area (Å²) in [5, 5.41) is 8.78. The molecule has 1 aromatic carbocycles. The summed E-state index contributed by atoms with van der Waals surface area (Å²) in [5.41, 5.74) is 1.33. The Hall–Kier alpha value is -2.01. The number of carboxylic acids is 1. The summed E-state index contributed by atoms with van der Waals surface area (Å²) in [6.07, 6.45) is 1.13. The normalized spacial score (nSPS) is 13.8. The Bertz CT molecular complexity index is 464. The molecule has 0 unspecified atom stereocenters. The van der Waals surface area contributed by atoms with E-state index in [2.05, 4.69) is 0 Å². The highest BCUT2D eigenvalue weighted by Gasteiger charge is 2.15. The van der Waals surface area contributed by atoms with Crippen molar-refractivity contribution >= 4 is 11.5 Å². The third kappa shape index (κ3) is 2.57. The van der Waals surface area contributed by atoms with Crippen molar-refractivity contribution in [1.82, 2.24) is 0 Å². The van der Waals surface area contributed by atoms with E-state index >= 15 is 0 Å². The van der Waals surface area contributed by atoms with Gasteiger partial charge in [0.1, 0.15) is 0 Å². The molecule has 5 heteroatoms. The summed E-state index contributed by atoms with van der Waals surface area (Å²) >= 11 is 0. The Balaban J connectivity index is 2.33. The average Bonchev–Trinajstić information content (AvgIpc) is 2.74. The largest absolute Gasteiger partial charge is 0.478 e.